The first-order chi connectivity index (χ1) is 7.86. The van der Waals surface area contributed by atoms with Gasteiger partial charge in [-0.3, -0.25) is 4.98 Å². The van der Waals surface area contributed by atoms with E-state index in [-0.39, 0.29) is 16.9 Å². The van der Waals surface area contributed by atoms with Gasteiger partial charge in [0, 0.05) is 11.6 Å². The molecular weight excluding hydrogens is 122 g/mol. The quantitative estimate of drug-likeness (QED) is 0.541. The molecule has 1 nitrogen and oxygen atoms in total. The number of pyridine rings is 1. The van der Waals surface area contributed by atoms with Crippen LogP contribution >= 0.6 is 0 Å². The van der Waals surface area contributed by atoms with E-state index in [0.29, 0.717) is 0 Å². The molecule has 10 heavy (non-hydrogen) atoms. The van der Waals surface area contributed by atoms with Crippen LogP contribution in [0.2, 0.25) is 0 Å². The molecule has 1 aromatic heterocycles. The monoisotopic (exact) mass is 136 g/mol. The second-order valence-corrected chi connectivity index (χ2v) is 1.70. The molecule has 0 fully saturated rings. The van der Waals surface area contributed by atoms with Crippen LogP contribution in [-0.4, -0.2) is 4.98 Å². The van der Waals surface area contributed by atoms with Gasteiger partial charge >= 0.3 is 0 Å². The largest absolute Gasteiger partial charge is 0.256 e. The maximum atomic E-state index is 7.64. The third-order valence-electron chi connectivity index (χ3n) is 1.08. The zero-order valence-corrected chi connectivity index (χ0v) is 4.95. The molecule has 0 N–H and O–H groups in total. The first-order valence-electron chi connectivity index (χ1n) is 6.20. The van der Waals surface area contributed by atoms with E-state index in [0.717, 1.165) is 0 Å². The molecule has 1 heterocycles. The fourth-order valence-corrected chi connectivity index (χ4v) is 0.655. The lowest BCUT2D eigenvalue weighted by Gasteiger charge is -1.91. The predicted octanol–water partition coefficient (Wildman–Crippen LogP) is 2.23. The molecule has 0 aliphatic heterocycles. The molecule has 0 bridgehead atoms. The Morgan fingerprint density at radius 2 is 1.90 bits per heavy atom. The van der Waals surface area contributed by atoms with E-state index in [1.807, 2.05) is 0 Å². The van der Waals surface area contributed by atoms with Crippen molar-refractivity contribution in [3.05, 3.63) is 42.4 Å². The van der Waals surface area contributed by atoms with Crippen LogP contribution in [0, 0.1) is 0 Å². The minimum atomic E-state index is -0.465. The van der Waals surface area contributed by atoms with Crippen LogP contribution in [0.1, 0.15) is 9.60 Å². The molecule has 0 saturated heterocycles. The van der Waals surface area contributed by atoms with Crippen LogP contribution in [0.15, 0.2) is 42.4 Å². The summed E-state index contributed by atoms with van der Waals surface area (Å²) in [4.78, 5) is 3.65. The molecule has 0 radical (unpaired) electrons. The molecule has 48 valence electrons. The lowest BCUT2D eigenvalue weighted by molar-refractivity contribution is 1.41. The van der Waals surface area contributed by atoms with Gasteiger partial charge in [0.1, 0.15) is 0 Å². The number of hydrogen-bond donors (Lipinski definition) is 0. The van der Waals surface area contributed by atoms with Crippen molar-refractivity contribution in [1.29, 1.82) is 0 Å². The number of nitrogens with zero attached hydrogens (tertiary/aromatic N) is 1. The third-order valence-corrected chi connectivity index (χ3v) is 1.08. The molecule has 2 rings (SSSR count). The Hall–Kier alpha value is -1.37. The molecule has 0 amide bonds. The number of hydrogen-bond acceptors (Lipinski definition) is 1. The molecule has 2 aromatic rings. The molecule has 0 aliphatic rings. The Morgan fingerprint density at radius 1 is 1.10 bits per heavy atom. The van der Waals surface area contributed by atoms with Crippen molar-refractivity contribution in [2.75, 3.05) is 0 Å². The standard InChI is InChI=1S/C9H7N/c1-2-6-9-8(4-1)5-3-7-10-9/h1-7H/i1D,2D,3D,4D,5D,6D,7D. The van der Waals surface area contributed by atoms with Gasteiger partial charge in [-0.2, -0.15) is 0 Å². The summed E-state index contributed by atoms with van der Waals surface area (Å²) in [6.45, 7) is 0. The second-order valence-electron chi connectivity index (χ2n) is 1.70. The topological polar surface area (TPSA) is 12.9 Å². The predicted molar refractivity (Wildman–Crippen MR) is 41.7 cm³/mol. The molecule has 0 spiro atoms. The van der Waals surface area contributed by atoms with Gasteiger partial charge in [0.15, 0.2) is 0 Å². The maximum Gasteiger partial charge on any atom is 0.0840 e. The average molecular weight is 136 g/mol. The van der Waals surface area contributed by atoms with Gasteiger partial charge in [-0.1, -0.05) is 24.2 Å². The lowest BCUT2D eigenvalue weighted by Crippen LogP contribution is -1.73. The highest BCUT2D eigenvalue weighted by Crippen LogP contribution is 2.07. The maximum absolute atomic E-state index is 7.64. The summed E-state index contributed by atoms with van der Waals surface area (Å²) in [5.41, 5.74) is -0.137. The molecule has 0 saturated carbocycles. The number of benzene rings is 1. The van der Waals surface area contributed by atoms with E-state index >= 15 is 0 Å². The first kappa shape index (κ1) is 1.82. The van der Waals surface area contributed by atoms with Crippen molar-refractivity contribution >= 4 is 10.9 Å². The summed E-state index contributed by atoms with van der Waals surface area (Å²) >= 11 is 0. The van der Waals surface area contributed by atoms with E-state index in [1.54, 1.807) is 0 Å². The number of rotatable bonds is 0. The fraction of sp³-hybridized carbons (Fsp3) is 0. The Kier molecular flexibility index (Phi) is 0.382. The van der Waals surface area contributed by atoms with Crippen LogP contribution in [0.4, 0.5) is 0 Å². The summed E-state index contributed by atoms with van der Waals surface area (Å²) in [6.07, 6.45) is -0.465. The zero-order valence-electron chi connectivity index (χ0n) is 11.9. The van der Waals surface area contributed by atoms with Crippen molar-refractivity contribution in [3.8, 4) is 0 Å². The summed E-state index contributed by atoms with van der Waals surface area (Å²) in [5.74, 6) is 0. The third kappa shape index (κ3) is 0.760. The SMILES string of the molecule is [2H]c1nc2c([2H])c([2H])c([2H])c([2H])c2c([2H])c1[2H]. The second kappa shape index (κ2) is 2.10. The summed E-state index contributed by atoms with van der Waals surface area (Å²) in [5, 5.41) is -0.114. The number of para-hydroxylation sites is 1. The molecule has 0 unspecified atom stereocenters. The highest BCUT2D eigenvalue weighted by Gasteiger charge is 1.86. The van der Waals surface area contributed by atoms with Crippen LogP contribution in [0.3, 0.4) is 0 Å². The van der Waals surface area contributed by atoms with Crippen LogP contribution in [-0.2, 0) is 0 Å². The van der Waals surface area contributed by atoms with Gasteiger partial charge < -0.3 is 0 Å². The fourth-order valence-electron chi connectivity index (χ4n) is 0.655. The lowest BCUT2D eigenvalue weighted by atomic mass is 10.2. The summed E-state index contributed by atoms with van der Waals surface area (Å²) in [7, 11) is 0. The van der Waals surface area contributed by atoms with Crippen molar-refractivity contribution < 1.29 is 9.60 Å². The molecule has 1 heteroatoms. The molecule has 0 atom stereocenters. The van der Waals surface area contributed by atoms with E-state index in [2.05, 4.69) is 4.98 Å². The molecular formula is C9H7N. The van der Waals surface area contributed by atoms with E-state index in [1.165, 1.54) is 0 Å². The van der Waals surface area contributed by atoms with Gasteiger partial charge in [-0.25, -0.2) is 0 Å². The summed E-state index contributed by atoms with van der Waals surface area (Å²) in [6, 6.07) is -2.54. The Morgan fingerprint density at radius 3 is 2.90 bits per heavy atom. The smallest absolute Gasteiger partial charge is 0.0840 e. The minimum Gasteiger partial charge on any atom is -0.256 e. The number of fused-ring (bicyclic) bond motifs is 1. The van der Waals surface area contributed by atoms with Crippen molar-refractivity contribution in [1.82, 2.24) is 4.98 Å². The number of aromatic nitrogens is 1. The van der Waals surface area contributed by atoms with Gasteiger partial charge in [0.25, 0.3) is 0 Å². The van der Waals surface area contributed by atoms with Crippen LogP contribution < -0.4 is 0 Å². The Labute approximate surface area is 69.2 Å². The van der Waals surface area contributed by atoms with Crippen LogP contribution in [0.5, 0.6) is 0 Å². The van der Waals surface area contributed by atoms with Gasteiger partial charge in [0.2, 0.25) is 0 Å². The van der Waals surface area contributed by atoms with Crippen molar-refractivity contribution in [2.24, 2.45) is 0 Å². The van der Waals surface area contributed by atoms with E-state index in [4.69, 9.17) is 9.60 Å². The normalized spacial score (nSPS) is 19.8. The first-order valence-corrected chi connectivity index (χ1v) is 2.70. The highest BCUT2D eigenvalue weighted by molar-refractivity contribution is 5.77. The van der Waals surface area contributed by atoms with Crippen molar-refractivity contribution in [2.45, 2.75) is 0 Å². The molecule has 0 aliphatic carbocycles. The highest BCUT2D eigenvalue weighted by atomic mass is 14.6. The summed E-state index contributed by atoms with van der Waals surface area (Å²) < 4.78 is 52.6. The van der Waals surface area contributed by atoms with Gasteiger partial charge in [-0.15, -0.1) is 0 Å². The molecule has 1 aromatic carbocycles. The van der Waals surface area contributed by atoms with Crippen LogP contribution in [0.25, 0.3) is 10.9 Å². The van der Waals surface area contributed by atoms with E-state index in [9.17, 15) is 0 Å². The average Bonchev–Trinajstić information content (AvgIpc) is 2.30. The Bertz CT molecular complexity index is 629. The van der Waals surface area contributed by atoms with E-state index < -0.39 is 36.4 Å². The minimum absolute atomic E-state index is 0.114. The zero-order chi connectivity index (χ0) is 12.9. The van der Waals surface area contributed by atoms with Crippen molar-refractivity contribution in [3.63, 3.8) is 0 Å². The Balaban J connectivity index is 3.12. The van der Waals surface area contributed by atoms with Gasteiger partial charge in [0.05, 0.1) is 15.1 Å². The van der Waals surface area contributed by atoms with Gasteiger partial charge in [-0.05, 0) is 12.1 Å².